The molecule has 0 saturated carbocycles. The van der Waals surface area contributed by atoms with Crippen LogP contribution in [0.4, 0.5) is 0 Å². The summed E-state index contributed by atoms with van der Waals surface area (Å²) < 4.78 is 0. The van der Waals surface area contributed by atoms with E-state index >= 15 is 0 Å². The summed E-state index contributed by atoms with van der Waals surface area (Å²) in [4.78, 5) is 16.1. The van der Waals surface area contributed by atoms with Crippen LogP contribution in [0.2, 0.25) is 0 Å². The Morgan fingerprint density at radius 1 is 1.53 bits per heavy atom. The van der Waals surface area contributed by atoms with E-state index in [-0.39, 0.29) is 5.91 Å². The Kier molecular flexibility index (Phi) is 4.65. The highest BCUT2D eigenvalue weighted by atomic mass is 16.1. The largest absolute Gasteiger partial charge is 0.336 e. The molecule has 1 N–H and O–H groups in total. The van der Waals surface area contributed by atoms with Crippen LogP contribution in [0, 0.1) is 25.2 Å². The third kappa shape index (κ3) is 3.56. The molecule has 1 aromatic heterocycles. The van der Waals surface area contributed by atoms with Gasteiger partial charge in [-0.3, -0.25) is 9.78 Å². The third-order valence-electron chi connectivity index (χ3n) is 2.51. The molecule has 4 nitrogen and oxygen atoms in total. The van der Waals surface area contributed by atoms with Crippen molar-refractivity contribution in [3.05, 3.63) is 29.1 Å². The Morgan fingerprint density at radius 2 is 2.24 bits per heavy atom. The lowest BCUT2D eigenvalue weighted by Crippen LogP contribution is -2.34. The minimum Gasteiger partial charge on any atom is -0.336 e. The maximum absolute atomic E-state index is 11.9. The first-order chi connectivity index (χ1) is 8.08. The molecular weight excluding hydrogens is 214 g/mol. The molecule has 1 aromatic rings. The van der Waals surface area contributed by atoms with E-state index < -0.39 is 6.04 Å². The smallest absolute Gasteiger partial charge is 0.254 e. The topological polar surface area (TPSA) is 65.8 Å². The molecule has 0 aromatic carbocycles. The molecule has 1 rings (SSSR count). The second-order valence-corrected chi connectivity index (χ2v) is 4.03. The van der Waals surface area contributed by atoms with Crippen LogP contribution in [0.25, 0.3) is 0 Å². The molecule has 0 radical (unpaired) electrons. The Labute approximate surface area is 102 Å². The number of pyridine rings is 1. The maximum Gasteiger partial charge on any atom is 0.254 e. The molecule has 0 aliphatic carbocycles. The third-order valence-corrected chi connectivity index (χ3v) is 2.51. The first-order valence-corrected chi connectivity index (χ1v) is 5.73. The van der Waals surface area contributed by atoms with Crippen LogP contribution in [0.3, 0.4) is 0 Å². The Morgan fingerprint density at radius 3 is 2.76 bits per heavy atom. The van der Waals surface area contributed by atoms with Crippen LogP contribution < -0.4 is 5.32 Å². The summed E-state index contributed by atoms with van der Waals surface area (Å²) in [6.07, 6.45) is 1.53. The van der Waals surface area contributed by atoms with E-state index in [0.29, 0.717) is 17.7 Å². The highest BCUT2D eigenvalue weighted by Gasteiger charge is 2.14. The van der Waals surface area contributed by atoms with Gasteiger partial charge >= 0.3 is 0 Å². The lowest BCUT2D eigenvalue weighted by Gasteiger charge is -2.11. The lowest BCUT2D eigenvalue weighted by atomic mass is 10.1. The molecule has 1 unspecified atom stereocenters. The summed E-state index contributed by atoms with van der Waals surface area (Å²) in [7, 11) is 0. The fourth-order valence-corrected chi connectivity index (χ4v) is 1.62. The molecule has 17 heavy (non-hydrogen) atoms. The zero-order valence-corrected chi connectivity index (χ0v) is 10.4. The first-order valence-electron chi connectivity index (χ1n) is 5.73. The summed E-state index contributed by atoms with van der Waals surface area (Å²) in [5.74, 6) is -0.227. The van der Waals surface area contributed by atoms with E-state index in [2.05, 4.69) is 16.4 Å². The van der Waals surface area contributed by atoms with Gasteiger partial charge in [-0.1, -0.05) is 13.3 Å². The summed E-state index contributed by atoms with van der Waals surface area (Å²) in [6.45, 7) is 5.65. The molecule has 0 aliphatic rings. The SMILES string of the molecule is CCCC(C#N)NC(=O)c1ccc(C)nc1C. The fourth-order valence-electron chi connectivity index (χ4n) is 1.62. The van der Waals surface area contributed by atoms with Gasteiger partial charge in [0.05, 0.1) is 17.3 Å². The number of nitrogens with one attached hydrogen (secondary N) is 1. The van der Waals surface area contributed by atoms with Gasteiger partial charge in [-0.15, -0.1) is 0 Å². The van der Waals surface area contributed by atoms with Gasteiger partial charge in [0.15, 0.2) is 0 Å². The summed E-state index contributed by atoms with van der Waals surface area (Å²) in [6, 6.07) is 5.20. The average molecular weight is 231 g/mol. The van der Waals surface area contributed by atoms with E-state index in [1.54, 1.807) is 19.1 Å². The number of aryl methyl sites for hydroxylation is 2. The Balaban J connectivity index is 2.79. The fraction of sp³-hybridized carbons (Fsp3) is 0.462. The van der Waals surface area contributed by atoms with Gasteiger partial charge in [-0.25, -0.2) is 0 Å². The molecule has 0 spiro atoms. The molecule has 1 amide bonds. The number of rotatable bonds is 4. The number of amides is 1. The number of carbonyl (C=O) groups is 1. The van der Waals surface area contributed by atoms with Gasteiger partial charge in [0, 0.05) is 5.69 Å². The molecule has 1 heterocycles. The number of hydrogen-bond acceptors (Lipinski definition) is 3. The molecule has 90 valence electrons. The predicted octanol–water partition coefficient (Wildman–Crippen LogP) is 2.12. The number of nitriles is 1. The minimum atomic E-state index is -0.423. The van der Waals surface area contributed by atoms with Gasteiger partial charge in [-0.2, -0.15) is 5.26 Å². The van der Waals surface area contributed by atoms with E-state index in [4.69, 9.17) is 5.26 Å². The molecular formula is C13H17N3O. The van der Waals surface area contributed by atoms with Crippen molar-refractivity contribution in [1.82, 2.24) is 10.3 Å². The van der Waals surface area contributed by atoms with Crippen LogP contribution in [0.1, 0.15) is 41.5 Å². The van der Waals surface area contributed by atoms with Crippen LogP contribution >= 0.6 is 0 Å². The maximum atomic E-state index is 11.9. The van der Waals surface area contributed by atoms with Gasteiger partial charge in [0.2, 0.25) is 0 Å². The van der Waals surface area contributed by atoms with Gasteiger partial charge in [0.25, 0.3) is 5.91 Å². The second kappa shape index (κ2) is 6.00. The Hall–Kier alpha value is -1.89. The monoisotopic (exact) mass is 231 g/mol. The van der Waals surface area contributed by atoms with Gasteiger partial charge < -0.3 is 5.32 Å². The van der Waals surface area contributed by atoms with Crippen molar-refractivity contribution < 1.29 is 4.79 Å². The van der Waals surface area contributed by atoms with Gasteiger partial charge in [0.1, 0.15) is 6.04 Å². The highest BCUT2D eigenvalue weighted by molar-refractivity contribution is 5.95. The molecule has 0 aliphatic heterocycles. The standard InChI is InChI=1S/C13H17N3O/c1-4-5-11(8-14)16-13(17)12-7-6-9(2)15-10(12)3/h6-7,11H,4-5H2,1-3H3,(H,16,17). The van der Waals surface area contributed by atoms with Crippen molar-refractivity contribution in [2.24, 2.45) is 0 Å². The number of hydrogen-bond donors (Lipinski definition) is 1. The molecule has 0 fully saturated rings. The van der Waals surface area contributed by atoms with E-state index in [1.165, 1.54) is 0 Å². The quantitative estimate of drug-likeness (QED) is 0.863. The molecule has 4 heteroatoms. The van der Waals surface area contributed by atoms with E-state index in [9.17, 15) is 4.79 Å². The number of carbonyl (C=O) groups excluding carboxylic acids is 1. The summed E-state index contributed by atoms with van der Waals surface area (Å²) in [5.41, 5.74) is 2.10. The normalized spacial score (nSPS) is 11.6. The first kappa shape index (κ1) is 13.2. The van der Waals surface area contributed by atoms with Crippen LogP contribution in [-0.2, 0) is 0 Å². The van der Waals surface area contributed by atoms with E-state index in [1.807, 2.05) is 13.8 Å². The van der Waals surface area contributed by atoms with E-state index in [0.717, 1.165) is 12.1 Å². The van der Waals surface area contributed by atoms with Crippen LogP contribution in [0.15, 0.2) is 12.1 Å². The minimum absolute atomic E-state index is 0.227. The zero-order chi connectivity index (χ0) is 12.8. The second-order valence-electron chi connectivity index (χ2n) is 4.03. The molecule has 0 saturated heterocycles. The van der Waals surface area contributed by atoms with Gasteiger partial charge in [-0.05, 0) is 32.4 Å². The van der Waals surface area contributed by atoms with Crippen molar-refractivity contribution in [2.45, 2.75) is 39.7 Å². The summed E-state index contributed by atoms with van der Waals surface area (Å²) >= 11 is 0. The number of nitrogens with zero attached hydrogens (tertiary/aromatic N) is 2. The highest BCUT2D eigenvalue weighted by Crippen LogP contribution is 2.07. The molecule has 0 bridgehead atoms. The Bertz CT molecular complexity index is 448. The molecule has 1 atom stereocenters. The summed E-state index contributed by atoms with van der Waals surface area (Å²) in [5, 5.41) is 11.6. The van der Waals surface area contributed by atoms with Crippen molar-refractivity contribution >= 4 is 5.91 Å². The van der Waals surface area contributed by atoms with Crippen molar-refractivity contribution in [3.63, 3.8) is 0 Å². The van der Waals surface area contributed by atoms with Crippen molar-refractivity contribution in [2.75, 3.05) is 0 Å². The number of aromatic nitrogens is 1. The van der Waals surface area contributed by atoms with Crippen LogP contribution in [-0.4, -0.2) is 16.9 Å². The average Bonchev–Trinajstić information content (AvgIpc) is 2.28. The zero-order valence-electron chi connectivity index (χ0n) is 10.4. The van der Waals surface area contributed by atoms with Crippen molar-refractivity contribution in [3.8, 4) is 6.07 Å². The lowest BCUT2D eigenvalue weighted by molar-refractivity contribution is 0.0943. The van der Waals surface area contributed by atoms with Crippen LogP contribution in [0.5, 0.6) is 0 Å². The predicted molar refractivity (Wildman–Crippen MR) is 65.5 cm³/mol. The van der Waals surface area contributed by atoms with Crippen molar-refractivity contribution in [1.29, 1.82) is 5.26 Å².